The number of hydrogen-bond donors (Lipinski definition) is 2. The van der Waals surface area contributed by atoms with Crippen molar-refractivity contribution in [3.05, 3.63) is 24.0 Å². The Balaban J connectivity index is 1.52. The Bertz CT molecular complexity index is 473. The van der Waals surface area contributed by atoms with E-state index >= 15 is 0 Å². The van der Waals surface area contributed by atoms with Crippen LogP contribution in [0.15, 0.2) is 18.3 Å². The molecule has 2 unspecified atom stereocenters. The van der Waals surface area contributed by atoms with E-state index in [4.69, 9.17) is 5.73 Å². The van der Waals surface area contributed by atoms with Gasteiger partial charge in [0.25, 0.3) is 5.91 Å². The smallest absolute Gasteiger partial charge is 0.269 e. The summed E-state index contributed by atoms with van der Waals surface area (Å²) in [6.45, 7) is 0.756. The predicted octanol–water partition coefficient (Wildman–Crippen LogP) is 1.27. The number of nitrogens with two attached hydrogens (primary N) is 1. The zero-order valence-electron chi connectivity index (χ0n) is 11.9. The first-order chi connectivity index (χ1) is 9.63. The molecule has 0 radical (unpaired) electrons. The number of nitrogens with zero attached hydrogens (tertiary/aromatic N) is 2. The molecule has 1 aromatic heterocycles. The van der Waals surface area contributed by atoms with E-state index < -0.39 is 0 Å². The number of piperidine rings is 1. The molecule has 3 N–H and O–H groups in total. The van der Waals surface area contributed by atoms with Gasteiger partial charge in [-0.05, 0) is 50.8 Å². The molecule has 20 heavy (non-hydrogen) atoms. The third kappa shape index (κ3) is 2.63. The van der Waals surface area contributed by atoms with Crippen molar-refractivity contribution in [2.24, 2.45) is 5.92 Å². The Morgan fingerprint density at radius 2 is 2.10 bits per heavy atom. The van der Waals surface area contributed by atoms with Gasteiger partial charge >= 0.3 is 0 Å². The highest BCUT2D eigenvalue weighted by molar-refractivity contribution is 5.92. The van der Waals surface area contributed by atoms with Crippen LogP contribution in [0.2, 0.25) is 0 Å². The van der Waals surface area contributed by atoms with Crippen LogP contribution in [0.4, 0.5) is 5.69 Å². The fraction of sp³-hybridized carbons (Fsp3) is 0.600. The summed E-state index contributed by atoms with van der Waals surface area (Å²) in [4.78, 5) is 18.6. The molecule has 2 aliphatic heterocycles. The molecule has 2 bridgehead atoms. The molecule has 0 aliphatic carbocycles. The van der Waals surface area contributed by atoms with Crippen molar-refractivity contribution >= 4 is 11.6 Å². The highest BCUT2D eigenvalue weighted by Gasteiger charge is 2.38. The predicted molar refractivity (Wildman–Crippen MR) is 78.3 cm³/mol. The average molecular weight is 274 g/mol. The number of rotatable bonds is 3. The van der Waals surface area contributed by atoms with Crippen LogP contribution >= 0.6 is 0 Å². The van der Waals surface area contributed by atoms with Crippen molar-refractivity contribution in [1.82, 2.24) is 15.2 Å². The highest BCUT2D eigenvalue weighted by Crippen LogP contribution is 2.36. The van der Waals surface area contributed by atoms with Crippen LogP contribution in [0.3, 0.4) is 0 Å². The zero-order valence-corrected chi connectivity index (χ0v) is 11.9. The van der Waals surface area contributed by atoms with Crippen molar-refractivity contribution in [1.29, 1.82) is 0 Å². The number of nitrogen functional groups attached to an aromatic ring is 1. The minimum atomic E-state index is -0.101. The number of fused-ring (bicyclic) bond motifs is 2. The van der Waals surface area contributed by atoms with Crippen molar-refractivity contribution in [3.63, 3.8) is 0 Å². The first-order valence-corrected chi connectivity index (χ1v) is 7.35. The minimum absolute atomic E-state index is 0.101. The molecular formula is C15H22N4O. The third-order valence-corrected chi connectivity index (χ3v) is 4.77. The second-order valence-electron chi connectivity index (χ2n) is 6.07. The van der Waals surface area contributed by atoms with Crippen LogP contribution < -0.4 is 11.1 Å². The van der Waals surface area contributed by atoms with Crippen molar-refractivity contribution in [3.8, 4) is 0 Å². The molecule has 0 aromatic carbocycles. The molecule has 2 aliphatic rings. The first-order valence-electron chi connectivity index (χ1n) is 7.35. The molecule has 5 heteroatoms. The molecule has 1 amide bonds. The minimum Gasteiger partial charge on any atom is -0.397 e. The van der Waals surface area contributed by atoms with Gasteiger partial charge in [0.2, 0.25) is 0 Å². The first kappa shape index (κ1) is 13.4. The SMILES string of the molecule is CN1C2CCC1CC(CNC(=O)c1ccc(N)cn1)C2. The van der Waals surface area contributed by atoms with Crippen LogP contribution in [0.1, 0.15) is 36.2 Å². The van der Waals surface area contributed by atoms with Gasteiger partial charge in [-0.2, -0.15) is 0 Å². The Hall–Kier alpha value is -1.62. The summed E-state index contributed by atoms with van der Waals surface area (Å²) in [7, 11) is 2.23. The molecule has 108 valence electrons. The average Bonchev–Trinajstić information content (AvgIpc) is 2.66. The maximum atomic E-state index is 12.0. The van der Waals surface area contributed by atoms with Gasteiger partial charge in [-0.1, -0.05) is 0 Å². The summed E-state index contributed by atoms with van der Waals surface area (Å²) in [5, 5.41) is 3.01. The lowest BCUT2D eigenvalue weighted by Crippen LogP contribution is -2.43. The number of anilines is 1. The molecule has 3 rings (SSSR count). The molecule has 5 nitrogen and oxygen atoms in total. The van der Waals surface area contributed by atoms with E-state index in [-0.39, 0.29) is 5.91 Å². The lowest BCUT2D eigenvalue weighted by atomic mass is 9.91. The van der Waals surface area contributed by atoms with Gasteiger partial charge in [0.15, 0.2) is 0 Å². The summed E-state index contributed by atoms with van der Waals surface area (Å²) in [5.41, 5.74) is 6.59. The van der Waals surface area contributed by atoms with E-state index in [0.29, 0.717) is 29.4 Å². The lowest BCUT2D eigenvalue weighted by molar-refractivity contribution is 0.0913. The highest BCUT2D eigenvalue weighted by atomic mass is 16.1. The van der Waals surface area contributed by atoms with Gasteiger partial charge in [-0.25, -0.2) is 4.98 Å². The number of aromatic nitrogens is 1. The van der Waals surface area contributed by atoms with Crippen molar-refractivity contribution in [2.75, 3.05) is 19.3 Å². The number of amides is 1. The van der Waals surface area contributed by atoms with Crippen molar-refractivity contribution < 1.29 is 4.79 Å². The van der Waals surface area contributed by atoms with Gasteiger partial charge in [0, 0.05) is 18.6 Å². The van der Waals surface area contributed by atoms with E-state index in [2.05, 4.69) is 22.2 Å². The molecular weight excluding hydrogens is 252 g/mol. The van der Waals surface area contributed by atoms with Crippen molar-refractivity contribution in [2.45, 2.75) is 37.8 Å². The Morgan fingerprint density at radius 1 is 1.40 bits per heavy atom. The van der Waals surface area contributed by atoms with Crippen LogP contribution in [-0.4, -0.2) is 41.5 Å². The number of hydrogen-bond acceptors (Lipinski definition) is 4. The molecule has 3 heterocycles. The van der Waals surface area contributed by atoms with Gasteiger partial charge in [0.05, 0.1) is 11.9 Å². The van der Waals surface area contributed by atoms with E-state index in [1.54, 1.807) is 12.1 Å². The summed E-state index contributed by atoms with van der Waals surface area (Å²) in [6, 6.07) is 4.80. The molecule has 2 fully saturated rings. The maximum Gasteiger partial charge on any atom is 0.269 e. The number of carbonyl (C=O) groups excluding carboxylic acids is 1. The van der Waals surface area contributed by atoms with Gasteiger partial charge in [-0.3, -0.25) is 4.79 Å². The number of nitrogens with one attached hydrogen (secondary N) is 1. The quantitative estimate of drug-likeness (QED) is 0.870. The Kier molecular flexibility index (Phi) is 3.61. The topological polar surface area (TPSA) is 71.2 Å². The summed E-state index contributed by atoms with van der Waals surface area (Å²) < 4.78 is 0. The zero-order chi connectivity index (χ0) is 14.1. The second kappa shape index (κ2) is 5.40. The standard InChI is InChI=1S/C15H22N4O/c1-19-12-3-4-13(19)7-10(6-12)8-18-15(20)14-5-2-11(16)9-17-14/h2,5,9-10,12-13H,3-4,6-8,16H2,1H3,(H,18,20). The number of pyridine rings is 1. The van der Waals surface area contributed by atoms with Gasteiger partial charge < -0.3 is 16.0 Å². The Morgan fingerprint density at radius 3 is 2.70 bits per heavy atom. The fourth-order valence-corrected chi connectivity index (χ4v) is 3.56. The van der Waals surface area contributed by atoms with E-state index in [0.717, 1.165) is 6.54 Å². The van der Waals surface area contributed by atoms with Gasteiger partial charge in [-0.15, -0.1) is 0 Å². The van der Waals surface area contributed by atoms with E-state index in [9.17, 15) is 4.79 Å². The maximum absolute atomic E-state index is 12.0. The van der Waals surface area contributed by atoms with Gasteiger partial charge in [0.1, 0.15) is 5.69 Å². The van der Waals surface area contributed by atoms with Crippen LogP contribution in [0.25, 0.3) is 0 Å². The third-order valence-electron chi connectivity index (χ3n) is 4.77. The van der Waals surface area contributed by atoms with E-state index in [1.165, 1.54) is 31.9 Å². The monoisotopic (exact) mass is 274 g/mol. The van der Waals surface area contributed by atoms with Crippen LogP contribution in [-0.2, 0) is 0 Å². The molecule has 2 atom stereocenters. The van der Waals surface area contributed by atoms with E-state index in [1.807, 2.05) is 0 Å². The molecule has 0 spiro atoms. The molecule has 2 saturated heterocycles. The second-order valence-corrected chi connectivity index (χ2v) is 6.07. The van der Waals surface area contributed by atoms with Crippen LogP contribution in [0, 0.1) is 5.92 Å². The lowest BCUT2D eigenvalue weighted by Gasteiger charge is -2.36. The normalized spacial score (nSPS) is 29.4. The largest absolute Gasteiger partial charge is 0.397 e. The molecule has 1 aromatic rings. The summed E-state index contributed by atoms with van der Waals surface area (Å²) >= 11 is 0. The summed E-state index contributed by atoms with van der Waals surface area (Å²) in [5.74, 6) is 0.498. The summed E-state index contributed by atoms with van der Waals surface area (Å²) in [6.07, 6.45) is 6.53. The molecule has 0 saturated carbocycles. The fourth-order valence-electron chi connectivity index (χ4n) is 3.56. The van der Waals surface area contributed by atoms with Crippen LogP contribution in [0.5, 0.6) is 0 Å². The Labute approximate surface area is 119 Å². The number of carbonyl (C=O) groups is 1.